The topological polar surface area (TPSA) is 158 Å². The van der Waals surface area contributed by atoms with Gasteiger partial charge in [-0.1, -0.05) is 76.1 Å². The molecule has 0 aliphatic carbocycles. The Balaban J connectivity index is 0.000000371. The van der Waals surface area contributed by atoms with Gasteiger partial charge < -0.3 is 30.7 Å². The summed E-state index contributed by atoms with van der Waals surface area (Å²) in [6.07, 6.45) is 21.7. The lowest BCUT2D eigenvalue weighted by molar-refractivity contribution is -0.135. The smallest absolute Gasteiger partial charge is 0.223 e. The molecule has 0 unspecified atom stereocenters. The number of fused-ring (bicyclic) bond motifs is 4. The molecule has 15 nitrogen and oxygen atoms in total. The standard InChI is InChI=1S/C13H21N5O2.C9H15NO.C9H17N.C7H13N5/c1-3-12(19)16-5-6-17(13(20)4-2)9-11-10-18(8-7-16)15-14-11;1-4-7-10(8-5-2)9(11)6-3;1-3-5-6-7-9-10-8-4-2;1-2-9-5-7-6-12(11-10-7)4-3-8-1/h10H,3-9H2,1-2H3;1H,5-8H2,2-3H3;2,10H,3,5-9H2,1H3;6,8-9H,1-5H2. The highest BCUT2D eigenvalue weighted by Crippen LogP contribution is 2.07. The first-order chi connectivity index (χ1) is 25.8. The molecule has 0 fully saturated rings. The maximum atomic E-state index is 12.0. The summed E-state index contributed by atoms with van der Waals surface area (Å²) in [6, 6.07) is 0. The quantitative estimate of drug-likeness (QED) is 0.218. The van der Waals surface area contributed by atoms with Gasteiger partial charge in [-0.15, -0.1) is 23.0 Å². The number of hydrogen-bond acceptors (Lipinski definition) is 10. The van der Waals surface area contributed by atoms with Gasteiger partial charge in [-0.2, -0.15) is 0 Å². The van der Waals surface area contributed by atoms with Gasteiger partial charge in [-0.05, 0) is 19.4 Å². The first-order valence-electron chi connectivity index (χ1n) is 19.4. The summed E-state index contributed by atoms with van der Waals surface area (Å²) in [5.74, 6) is 5.34. The largest absolute Gasteiger partial charge is 0.339 e. The van der Waals surface area contributed by atoms with Crippen LogP contribution in [-0.4, -0.2) is 128 Å². The first kappa shape index (κ1) is 46.7. The molecule has 296 valence electrons. The molecule has 0 aromatic carbocycles. The van der Waals surface area contributed by atoms with E-state index in [1.54, 1.807) is 19.4 Å². The van der Waals surface area contributed by atoms with E-state index in [4.69, 9.17) is 12.8 Å². The summed E-state index contributed by atoms with van der Waals surface area (Å²) in [7, 11) is 0. The highest BCUT2D eigenvalue weighted by atomic mass is 16.2. The Morgan fingerprint density at radius 2 is 1.40 bits per heavy atom. The van der Waals surface area contributed by atoms with Crippen LogP contribution < -0.4 is 16.0 Å². The molecule has 2 aliphatic heterocycles. The van der Waals surface area contributed by atoms with Crippen LogP contribution in [0.25, 0.3) is 0 Å². The number of aromatic nitrogens is 6. The Kier molecular flexibility index (Phi) is 26.6. The lowest BCUT2D eigenvalue weighted by Crippen LogP contribution is -2.42. The van der Waals surface area contributed by atoms with Crippen molar-refractivity contribution in [1.29, 1.82) is 0 Å². The third kappa shape index (κ3) is 21.1. The normalized spacial score (nSPS) is 13.9. The predicted molar refractivity (Wildman–Crippen MR) is 209 cm³/mol. The molecular weight excluding hydrogens is 672 g/mol. The zero-order chi connectivity index (χ0) is 39.1. The van der Waals surface area contributed by atoms with Crippen LogP contribution in [0.1, 0.15) is 97.4 Å². The van der Waals surface area contributed by atoms with E-state index < -0.39 is 0 Å². The van der Waals surface area contributed by atoms with E-state index in [0.29, 0.717) is 65.1 Å². The molecule has 2 aliphatic rings. The number of carbonyl (C=O) groups is 3. The minimum atomic E-state index is 0.0732. The molecule has 15 heteroatoms. The van der Waals surface area contributed by atoms with Crippen LogP contribution in [0.3, 0.4) is 0 Å². The van der Waals surface area contributed by atoms with Crippen molar-refractivity contribution in [1.82, 2.24) is 60.6 Å². The second kappa shape index (κ2) is 30.2. The summed E-state index contributed by atoms with van der Waals surface area (Å²) >= 11 is 0. The van der Waals surface area contributed by atoms with Gasteiger partial charge in [0, 0.05) is 77.8 Å². The van der Waals surface area contributed by atoms with Crippen molar-refractivity contribution in [3.63, 3.8) is 0 Å². The third-order valence-corrected chi connectivity index (χ3v) is 8.24. The number of carbonyl (C=O) groups excluding carboxylic acids is 3. The molecule has 53 heavy (non-hydrogen) atoms. The Bertz CT molecular complexity index is 1340. The Morgan fingerprint density at radius 1 is 0.755 bits per heavy atom. The SMILES string of the molecule is C#CCN(CCC)C(=O)CC.C#CCNCCCCCC.CCC(=O)N1CCN(C(=O)CC)Cc2cn(nn2)CC1.c1c2nnn1CCNCCNC2. The number of unbranched alkanes of at least 4 members (excludes halogenated alkanes) is 3. The second-order valence-corrected chi connectivity index (χ2v) is 12.6. The number of nitrogens with zero attached hydrogens (tertiary/aromatic N) is 9. The lowest BCUT2D eigenvalue weighted by atomic mass is 10.2. The van der Waals surface area contributed by atoms with Gasteiger partial charge in [0.25, 0.3) is 0 Å². The molecular formula is C38H66N12O3. The van der Waals surface area contributed by atoms with E-state index in [-0.39, 0.29) is 17.7 Å². The number of terminal acetylenes is 2. The summed E-state index contributed by atoms with van der Waals surface area (Å²) in [5.41, 5.74) is 1.82. The third-order valence-electron chi connectivity index (χ3n) is 8.24. The van der Waals surface area contributed by atoms with Crippen LogP contribution in [0.15, 0.2) is 12.4 Å². The molecule has 3 amide bonds. The summed E-state index contributed by atoms with van der Waals surface area (Å²) in [4.78, 5) is 40.2. The number of nitrogens with one attached hydrogen (secondary N) is 3. The zero-order valence-corrected chi connectivity index (χ0v) is 33.1. The van der Waals surface area contributed by atoms with Gasteiger partial charge in [-0.3, -0.25) is 23.7 Å². The minimum Gasteiger partial charge on any atom is -0.339 e. The van der Waals surface area contributed by atoms with E-state index in [0.717, 1.165) is 63.6 Å². The monoisotopic (exact) mass is 739 g/mol. The Labute approximate surface area is 318 Å². The van der Waals surface area contributed by atoms with Crippen molar-refractivity contribution < 1.29 is 14.4 Å². The molecule has 2 aromatic rings. The fourth-order valence-electron chi connectivity index (χ4n) is 5.25. The lowest BCUT2D eigenvalue weighted by Gasteiger charge is -2.28. The molecule has 0 saturated heterocycles. The molecule has 4 heterocycles. The van der Waals surface area contributed by atoms with Crippen molar-refractivity contribution in [2.24, 2.45) is 0 Å². The molecule has 0 spiro atoms. The van der Waals surface area contributed by atoms with Crippen LogP contribution in [0, 0.1) is 24.7 Å². The molecule has 2 aromatic heterocycles. The molecule has 0 saturated carbocycles. The van der Waals surface area contributed by atoms with Crippen LogP contribution in [0.5, 0.6) is 0 Å². The average molecular weight is 739 g/mol. The van der Waals surface area contributed by atoms with Gasteiger partial charge in [0.2, 0.25) is 17.7 Å². The van der Waals surface area contributed by atoms with Crippen molar-refractivity contribution >= 4 is 17.7 Å². The van der Waals surface area contributed by atoms with E-state index in [2.05, 4.69) is 55.3 Å². The van der Waals surface area contributed by atoms with Gasteiger partial charge in [-0.25, -0.2) is 0 Å². The number of amides is 3. The van der Waals surface area contributed by atoms with Gasteiger partial charge in [0.15, 0.2) is 0 Å². The average Bonchev–Trinajstić information content (AvgIpc) is 3.83. The van der Waals surface area contributed by atoms with Crippen LogP contribution in [0.4, 0.5) is 0 Å². The van der Waals surface area contributed by atoms with E-state index in [1.807, 2.05) is 44.8 Å². The van der Waals surface area contributed by atoms with E-state index in [1.165, 1.54) is 25.7 Å². The fraction of sp³-hybridized carbons (Fsp3) is 0.711. The number of hydrogen-bond donors (Lipinski definition) is 3. The Hall–Kier alpha value is -4.31. The molecule has 3 N–H and O–H groups in total. The van der Waals surface area contributed by atoms with Crippen LogP contribution >= 0.6 is 0 Å². The molecule has 0 radical (unpaired) electrons. The van der Waals surface area contributed by atoms with Gasteiger partial charge in [0.1, 0.15) is 5.69 Å². The van der Waals surface area contributed by atoms with Crippen molar-refractivity contribution in [3.8, 4) is 24.7 Å². The van der Waals surface area contributed by atoms with E-state index in [9.17, 15) is 14.4 Å². The summed E-state index contributed by atoms with van der Waals surface area (Å²) in [5, 5.41) is 25.8. The summed E-state index contributed by atoms with van der Waals surface area (Å²) < 4.78 is 3.60. The maximum Gasteiger partial charge on any atom is 0.223 e. The minimum absolute atomic E-state index is 0.0732. The first-order valence-corrected chi connectivity index (χ1v) is 19.4. The van der Waals surface area contributed by atoms with Crippen LogP contribution in [-0.2, 0) is 40.6 Å². The molecule has 0 atom stereocenters. The molecule has 4 rings (SSSR count). The van der Waals surface area contributed by atoms with Gasteiger partial charge >= 0.3 is 0 Å². The van der Waals surface area contributed by atoms with Crippen LogP contribution in [0.2, 0.25) is 0 Å². The second-order valence-electron chi connectivity index (χ2n) is 12.6. The van der Waals surface area contributed by atoms with Crippen molar-refractivity contribution in [2.75, 3.05) is 65.4 Å². The highest BCUT2D eigenvalue weighted by molar-refractivity contribution is 5.77. The fourth-order valence-corrected chi connectivity index (χ4v) is 5.25. The molecule has 4 bridgehead atoms. The van der Waals surface area contributed by atoms with Gasteiger partial charge in [0.05, 0.1) is 44.6 Å². The maximum absolute atomic E-state index is 12.0. The Morgan fingerprint density at radius 3 is 2.06 bits per heavy atom. The van der Waals surface area contributed by atoms with Crippen molar-refractivity contribution in [2.45, 2.75) is 112 Å². The number of rotatable bonds is 12. The highest BCUT2D eigenvalue weighted by Gasteiger charge is 2.20. The van der Waals surface area contributed by atoms with Crippen molar-refractivity contribution in [3.05, 3.63) is 23.8 Å². The predicted octanol–water partition coefficient (Wildman–Crippen LogP) is 2.30. The zero-order valence-electron chi connectivity index (χ0n) is 33.1. The summed E-state index contributed by atoms with van der Waals surface area (Å²) in [6.45, 7) is 20.3. The van der Waals surface area contributed by atoms with E-state index >= 15 is 0 Å².